The summed E-state index contributed by atoms with van der Waals surface area (Å²) in [5.74, 6) is 0. The van der Waals surface area contributed by atoms with Crippen LogP contribution in [0.5, 0.6) is 0 Å². The molecule has 0 radical (unpaired) electrons. The molecule has 0 saturated carbocycles. The number of H-pyrrole nitrogens is 1. The van der Waals surface area contributed by atoms with Gasteiger partial charge in [0.05, 0.1) is 12.6 Å². The summed E-state index contributed by atoms with van der Waals surface area (Å²) in [5.41, 5.74) is 5.00. The van der Waals surface area contributed by atoms with Crippen molar-refractivity contribution in [1.82, 2.24) is 10.3 Å². The first kappa shape index (κ1) is 9.87. The minimum Gasteiger partial charge on any atom is -0.394 e. The molecule has 0 bridgehead atoms. The van der Waals surface area contributed by atoms with Gasteiger partial charge in [-0.15, -0.1) is 0 Å². The van der Waals surface area contributed by atoms with Gasteiger partial charge in [-0.2, -0.15) is 0 Å². The van der Waals surface area contributed by atoms with E-state index in [1.807, 2.05) is 0 Å². The van der Waals surface area contributed by atoms with Crippen molar-refractivity contribution in [2.24, 2.45) is 0 Å². The quantitative estimate of drug-likeness (QED) is 0.679. The van der Waals surface area contributed by atoms with Gasteiger partial charge >= 0.3 is 0 Å². The Hall–Kier alpha value is -1.32. The van der Waals surface area contributed by atoms with Crippen LogP contribution in [0, 0.1) is 6.92 Å². The number of aryl methyl sites for hydroxylation is 1. The fraction of sp³-hybridized carbons (Fsp3) is 0.385. The standard InChI is InChI=1S/C13H16N2O/c1-8-2-3-11-10(6-8)9-4-5-14-12(7-16)13(9)15-11/h2-3,6,12,14-16H,4-5,7H2,1H3. The van der Waals surface area contributed by atoms with E-state index in [9.17, 15) is 5.11 Å². The van der Waals surface area contributed by atoms with Gasteiger partial charge in [0.15, 0.2) is 0 Å². The summed E-state index contributed by atoms with van der Waals surface area (Å²) in [4.78, 5) is 3.42. The van der Waals surface area contributed by atoms with Gasteiger partial charge in [-0.3, -0.25) is 0 Å². The predicted molar refractivity (Wildman–Crippen MR) is 64.6 cm³/mol. The molecule has 1 aromatic carbocycles. The Balaban J connectivity index is 2.24. The summed E-state index contributed by atoms with van der Waals surface area (Å²) in [6.45, 7) is 3.21. The molecule has 3 rings (SSSR count). The van der Waals surface area contributed by atoms with Crippen molar-refractivity contribution in [2.45, 2.75) is 19.4 Å². The van der Waals surface area contributed by atoms with Crippen LogP contribution in [0.15, 0.2) is 18.2 Å². The summed E-state index contributed by atoms with van der Waals surface area (Å²) < 4.78 is 0. The van der Waals surface area contributed by atoms with Crippen LogP contribution in [0.1, 0.15) is 22.9 Å². The van der Waals surface area contributed by atoms with Gasteiger partial charge in [0.1, 0.15) is 0 Å². The molecule has 84 valence electrons. The lowest BCUT2D eigenvalue weighted by atomic mass is 9.99. The van der Waals surface area contributed by atoms with Crippen LogP contribution in [0.3, 0.4) is 0 Å². The van der Waals surface area contributed by atoms with Crippen molar-refractivity contribution in [2.75, 3.05) is 13.2 Å². The van der Waals surface area contributed by atoms with Gasteiger partial charge in [0.2, 0.25) is 0 Å². The average Bonchev–Trinajstić information content (AvgIpc) is 2.67. The van der Waals surface area contributed by atoms with E-state index >= 15 is 0 Å². The molecule has 2 aromatic rings. The summed E-state index contributed by atoms with van der Waals surface area (Å²) in [6.07, 6.45) is 1.04. The molecular formula is C13H16N2O. The Morgan fingerprint density at radius 3 is 3.12 bits per heavy atom. The molecule has 1 aromatic heterocycles. The van der Waals surface area contributed by atoms with Crippen LogP contribution in [-0.2, 0) is 6.42 Å². The van der Waals surface area contributed by atoms with Crippen molar-refractivity contribution in [3.05, 3.63) is 35.0 Å². The number of rotatable bonds is 1. The molecule has 0 spiro atoms. The summed E-state index contributed by atoms with van der Waals surface area (Å²) >= 11 is 0. The number of aromatic nitrogens is 1. The normalized spacial score (nSPS) is 20.0. The highest BCUT2D eigenvalue weighted by atomic mass is 16.3. The van der Waals surface area contributed by atoms with E-state index < -0.39 is 0 Å². The van der Waals surface area contributed by atoms with E-state index in [-0.39, 0.29) is 12.6 Å². The number of hydrogen-bond acceptors (Lipinski definition) is 2. The van der Waals surface area contributed by atoms with E-state index in [1.165, 1.54) is 22.0 Å². The fourth-order valence-corrected chi connectivity index (χ4v) is 2.58. The first-order chi connectivity index (χ1) is 7.79. The maximum absolute atomic E-state index is 9.34. The molecule has 16 heavy (non-hydrogen) atoms. The second kappa shape index (κ2) is 3.61. The molecule has 0 saturated heterocycles. The van der Waals surface area contributed by atoms with Crippen LogP contribution in [0.25, 0.3) is 10.9 Å². The number of fused-ring (bicyclic) bond motifs is 3. The molecule has 1 aliphatic rings. The zero-order chi connectivity index (χ0) is 11.1. The van der Waals surface area contributed by atoms with E-state index in [2.05, 4.69) is 35.4 Å². The number of benzene rings is 1. The number of hydrogen-bond donors (Lipinski definition) is 3. The molecule has 0 amide bonds. The monoisotopic (exact) mass is 216 g/mol. The van der Waals surface area contributed by atoms with Crippen LogP contribution < -0.4 is 5.32 Å². The molecule has 0 aliphatic carbocycles. The molecule has 1 aliphatic heterocycles. The van der Waals surface area contributed by atoms with Crippen LogP contribution in [0.2, 0.25) is 0 Å². The van der Waals surface area contributed by atoms with Gasteiger partial charge in [0.25, 0.3) is 0 Å². The third kappa shape index (κ3) is 1.36. The molecule has 3 heteroatoms. The molecule has 1 unspecified atom stereocenters. The van der Waals surface area contributed by atoms with E-state index in [1.54, 1.807) is 0 Å². The van der Waals surface area contributed by atoms with Crippen molar-refractivity contribution in [3.8, 4) is 0 Å². The SMILES string of the molecule is Cc1ccc2[nH]c3c(c2c1)CCNC3CO. The maximum Gasteiger partial charge on any atom is 0.0710 e. The van der Waals surface area contributed by atoms with E-state index in [0.717, 1.165) is 18.7 Å². The van der Waals surface area contributed by atoms with E-state index in [0.29, 0.717) is 0 Å². The topological polar surface area (TPSA) is 48.0 Å². The molecule has 2 heterocycles. The molecule has 3 nitrogen and oxygen atoms in total. The van der Waals surface area contributed by atoms with Gasteiger partial charge in [-0.1, -0.05) is 11.6 Å². The third-order valence-corrected chi connectivity index (χ3v) is 3.39. The predicted octanol–water partition coefficient (Wildman–Crippen LogP) is 1.66. The van der Waals surface area contributed by atoms with Gasteiger partial charge in [0, 0.05) is 16.6 Å². The maximum atomic E-state index is 9.34. The lowest BCUT2D eigenvalue weighted by molar-refractivity contribution is 0.238. The number of aromatic amines is 1. The first-order valence-corrected chi connectivity index (χ1v) is 5.75. The zero-order valence-electron chi connectivity index (χ0n) is 9.38. The second-order valence-corrected chi connectivity index (χ2v) is 4.51. The van der Waals surface area contributed by atoms with Gasteiger partial charge in [-0.25, -0.2) is 0 Å². The lowest BCUT2D eigenvalue weighted by Crippen LogP contribution is -2.31. The molecular weight excluding hydrogens is 200 g/mol. The summed E-state index contributed by atoms with van der Waals surface area (Å²) in [6, 6.07) is 6.53. The van der Waals surface area contributed by atoms with Crippen molar-refractivity contribution >= 4 is 10.9 Å². The fourth-order valence-electron chi connectivity index (χ4n) is 2.58. The Morgan fingerprint density at radius 2 is 2.31 bits per heavy atom. The van der Waals surface area contributed by atoms with Crippen LogP contribution in [0.4, 0.5) is 0 Å². The number of aliphatic hydroxyl groups is 1. The lowest BCUT2D eigenvalue weighted by Gasteiger charge is -2.22. The molecule has 0 fully saturated rings. The Labute approximate surface area is 94.5 Å². The second-order valence-electron chi connectivity index (χ2n) is 4.51. The number of nitrogens with one attached hydrogen (secondary N) is 2. The highest BCUT2D eigenvalue weighted by molar-refractivity contribution is 5.85. The molecule has 3 N–H and O–H groups in total. The first-order valence-electron chi connectivity index (χ1n) is 5.75. The van der Waals surface area contributed by atoms with Gasteiger partial charge < -0.3 is 15.4 Å². The average molecular weight is 216 g/mol. The Morgan fingerprint density at radius 1 is 1.44 bits per heavy atom. The van der Waals surface area contributed by atoms with Crippen molar-refractivity contribution in [3.63, 3.8) is 0 Å². The summed E-state index contributed by atoms with van der Waals surface area (Å²) in [7, 11) is 0. The smallest absolute Gasteiger partial charge is 0.0710 e. The zero-order valence-corrected chi connectivity index (χ0v) is 9.38. The minimum absolute atomic E-state index is 0.0662. The van der Waals surface area contributed by atoms with Crippen molar-refractivity contribution in [1.29, 1.82) is 0 Å². The highest BCUT2D eigenvalue weighted by Crippen LogP contribution is 2.30. The Kier molecular flexibility index (Phi) is 2.23. The van der Waals surface area contributed by atoms with Crippen molar-refractivity contribution < 1.29 is 5.11 Å². The van der Waals surface area contributed by atoms with Gasteiger partial charge in [-0.05, 0) is 37.6 Å². The number of aliphatic hydroxyl groups excluding tert-OH is 1. The van der Waals surface area contributed by atoms with Crippen LogP contribution in [-0.4, -0.2) is 23.2 Å². The highest BCUT2D eigenvalue weighted by Gasteiger charge is 2.22. The van der Waals surface area contributed by atoms with E-state index in [4.69, 9.17) is 0 Å². The molecule has 1 atom stereocenters. The van der Waals surface area contributed by atoms with Crippen LogP contribution >= 0.6 is 0 Å². The largest absolute Gasteiger partial charge is 0.394 e. The summed E-state index contributed by atoms with van der Waals surface area (Å²) in [5, 5.41) is 14.0. The Bertz CT molecular complexity index is 530. The minimum atomic E-state index is 0.0662. The third-order valence-electron chi connectivity index (χ3n) is 3.39.